The summed E-state index contributed by atoms with van der Waals surface area (Å²) in [4.78, 5) is 20.6. The molecule has 0 spiro atoms. The Hall–Kier alpha value is -1.66. The molecule has 3 atom stereocenters. The molecule has 28 heavy (non-hydrogen) atoms. The van der Waals surface area contributed by atoms with Crippen LogP contribution in [0.4, 0.5) is 4.79 Å². The van der Waals surface area contributed by atoms with Crippen molar-refractivity contribution in [1.29, 1.82) is 0 Å². The number of rotatable bonds is 5. The molecular formula is C22H32N4OS. The number of likely N-dealkylation sites (tertiary alicyclic amines) is 1. The zero-order chi connectivity index (χ0) is 19.8. The zero-order valence-electron chi connectivity index (χ0n) is 17.4. The summed E-state index contributed by atoms with van der Waals surface area (Å²) in [5, 5.41) is 6.07. The van der Waals surface area contributed by atoms with Gasteiger partial charge in [0.05, 0.1) is 5.03 Å². The van der Waals surface area contributed by atoms with Gasteiger partial charge in [-0.15, -0.1) is 11.8 Å². The van der Waals surface area contributed by atoms with Gasteiger partial charge >= 0.3 is 6.03 Å². The van der Waals surface area contributed by atoms with Gasteiger partial charge in [0.1, 0.15) is 0 Å². The average Bonchev–Trinajstić information content (AvgIpc) is 3.03. The summed E-state index contributed by atoms with van der Waals surface area (Å²) in [5.74, 6) is 1.55. The molecular weight excluding hydrogens is 368 g/mol. The minimum atomic E-state index is 0.0693. The Kier molecular flexibility index (Phi) is 5.61. The average molecular weight is 401 g/mol. The van der Waals surface area contributed by atoms with Crippen LogP contribution in [0, 0.1) is 0 Å². The molecule has 1 fully saturated rings. The molecule has 4 rings (SSSR count). The first-order valence-electron chi connectivity index (χ1n) is 10.6. The van der Waals surface area contributed by atoms with Gasteiger partial charge in [-0.1, -0.05) is 19.1 Å². The normalized spacial score (nSPS) is 24.2. The highest BCUT2D eigenvalue weighted by atomic mass is 32.2. The molecule has 1 aliphatic carbocycles. The summed E-state index contributed by atoms with van der Waals surface area (Å²) in [6.07, 6.45) is 2.11. The van der Waals surface area contributed by atoms with E-state index < -0.39 is 0 Å². The van der Waals surface area contributed by atoms with E-state index in [0.717, 1.165) is 38.2 Å². The molecule has 2 amide bonds. The lowest BCUT2D eigenvalue weighted by Crippen LogP contribution is -2.56. The Balaban J connectivity index is 1.64. The van der Waals surface area contributed by atoms with Gasteiger partial charge in [0.25, 0.3) is 0 Å². The first-order chi connectivity index (χ1) is 13.6. The molecule has 1 aliphatic heterocycles. The van der Waals surface area contributed by atoms with Gasteiger partial charge in [-0.2, -0.15) is 0 Å². The maximum atomic E-state index is 12.6. The maximum Gasteiger partial charge on any atom is 0.317 e. The van der Waals surface area contributed by atoms with E-state index in [1.54, 1.807) is 0 Å². The first kappa shape index (κ1) is 19.6. The van der Waals surface area contributed by atoms with E-state index in [0.29, 0.717) is 12.0 Å². The fourth-order valence-corrected chi connectivity index (χ4v) is 5.98. The largest absolute Gasteiger partial charge is 0.349 e. The van der Waals surface area contributed by atoms with E-state index in [2.05, 4.69) is 47.4 Å². The predicted molar refractivity (Wildman–Crippen MR) is 117 cm³/mol. The second-order valence-electron chi connectivity index (χ2n) is 8.01. The molecule has 1 saturated heterocycles. The molecule has 2 heterocycles. The van der Waals surface area contributed by atoms with E-state index >= 15 is 0 Å². The van der Waals surface area contributed by atoms with Gasteiger partial charge < -0.3 is 20.1 Å². The van der Waals surface area contributed by atoms with Crippen LogP contribution in [0.1, 0.15) is 44.2 Å². The second-order valence-corrected chi connectivity index (χ2v) is 9.28. The highest BCUT2D eigenvalue weighted by Gasteiger charge is 2.40. The summed E-state index contributed by atoms with van der Waals surface area (Å²) < 4.78 is 0. The van der Waals surface area contributed by atoms with Gasteiger partial charge in [0.2, 0.25) is 0 Å². The Morgan fingerprint density at radius 3 is 2.82 bits per heavy atom. The lowest BCUT2D eigenvalue weighted by atomic mass is 9.74. The number of hydrogen-bond acceptors (Lipinski definition) is 3. The van der Waals surface area contributed by atoms with Crippen molar-refractivity contribution in [2.45, 2.75) is 56.6 Å². The fraction of sp³-hybridized carbons (Fsp3) is 0.591. The number of likely N-dealkylation sites (N-methyl/N-ethyl adjacent to an activating group) is 1. The quantitative estimate of drug-likeness (QED) is 0.745. The van der Waals surface area contributed by atoms with Crippen molar-refractivity contribution in [3.05, 3.63) is 29.3 Å². The van der Waals surface area contributed by atoms with E-state index in [1.807, 2.05) is 30.5 Å². The van der Waals surface area contributed by atoms with Crippen LogP contribution in [-0.4, -0.2) is 65.3 Å². The van der Waals surface area contributed by atoms with Gasteiger partial charge in [0.15, 0.2) is 0 Å². The SMILES string of the molecule is CCSc1[nH]c2cccc3c2c1C[C@@H]1C3C[C@H](NC(=O)N(CC)CC)CN1C. The third-order valence-electron chi connectivity index (χ3n) is 6.48. The van der Waals surface area contributed by atoms with Crippen LogP contribution in [0.25, 0.3) is 10.9 Å². The third-order valence-corrected chi connectivity index (χ3v) is 7.40. The molecule has 0 bridgehead atoms. The number of H-pyrrole nitrogens is 1. The molecule has 1 aromatic heterocycles. The lowest BCUT2D eigenvalue weighted by Gasteiger charge is -2.46. The third kappa shape index (κ3) is 3.30. The highest BCUT2D eigenvalue weighted by molar-refractivity contribution is 7.99. The highest BCUT2D eigenvalue weighted by Crippen LogP contribution is 2.45. The number of nitrogens with one attached hydrogen (secondary N) is 2. The number of urea groups is 1. The van der Waals surface area contributed by atoms with Crippen molar-refractivity contribution in [3.63, 3.8) is 0 Å². The van der Waals surface area contributed by atoms with Crippen LogP contribution in [-0.2, 0) is 6.42 Å². The number of carbonyl (C=O) groups excluding carboxylic acids is 1. The van der Waals surface area contributed by atoms with Crippen LogP contribution in [0.15, 0.2) is 23.2 Å². The standard InChI is InChI=1S/C22H32N4OS/c1-5-26(6-2)22(27)23-14-11-16-15-9-8-10-18-20(15)17(21(24-18)28-7-3)12-19(16)25(4)13-14/h8-10,14,16,19,24H,5-7,11-13H2,1-4H3,(H,23,27)/t14-,16?,19+/m0/s1. The fourth-order valence-electron chi connectivity index (χ4n) is 5.14. The molecule has 152 valence electrons. The van der Waals surface area contributed by atoms with Crippen molar-refractivity contribution in [1.82, 2.24) is 20.1 Å². The number of aromatic nitrogens is 1. The van der Waals surface area contributed by atoms with Gasteiger partial charge in [-0.05, 0) is 56.7 Å². The van der Waals surface area contributed by atoms with Gasteiger partial charge in [0, 0.05) is 48.5 Å². The number of carbonyl (C=O) groups is 1. The Bertz CT molecular complexity index is 860. The van der Waals surface area contributed by atoms with Crippen LogP contribution < -0.4 is 5.32 Å². The Morgan fingerprint density at radius 1 is 1.32 bits per heavy atom. The predicted octanol–water partition coefficient (Wildman–Crippen LogP) is 4.04. The topological polar surface area (TPSA) is 51.4 Å². The summed E-state index contributed by atoms with van der Waals surface area (Å²) in [7, 11) is 2.22. The van der Waals surface area contributed by atoms with Crippen LogP contribution in [0.2, 0.25) is 0 Å². The van der Waals surface area contributed by atoms with Crippen molar-refractivity contribution >= 4 is 28.7 Å². The van der Waals surface area contributed by atoms with Gasteiger partial charge in [-0.3, -0.25) is 0 Å². The number of benzene rings is 1. The maximum absolute atomic E-state index is 12.6. The van der Waals surface area contributed by atoms with Crippen molar-refractivity contribution in [2.75, 3.05) is 32.4 Å². The first-order valence-corrected chi connectivity index (χ1v) is 11.6. The molecule has 1 aromatic carbocycles. The van der Waals surface area contributed by atoms with E-state index in [9.17, 15) is 4.79 Å². The van der Waals surface area contributed by atoms with Crippen molar-refractivity contribution in [2.24, 2.45) is 0 Å². The summed E-state index contributed by atoms with van der Waals surface area (Å²) in [6, 6.07) is 7.46. The number of nitrogens with zero attached hydrogens (tertiary/aromatic N) is 2. The number of hydrogen-bond donors (Lipinski definition) is 2. The van der Waals surface area contributed by atoms with Gasteiger partial charge in [-0.25, -0.2) is 4.79 Å². The van der Waals surface area contributed by atoms with Crippen LogP contribution >= 0.6 is 11.8 Å². The second kappa shape index (κ2) is 7.99. The molecule has 5 nitrogen and oxygen atoms in total. The summed E-state index contributed by atoms with van der Waals surface area (Å²) in [6.45, 7) is 8.70. The number of aromatic amines is 1. The molecule has 6 heteroatoms. The molecule has 2 aromatic rings. The molecule has 2 aliphatic rings. The minimum absolute atomic E-state index is 0.0693. The van der Waals surface area contributed by atoms with Crippen LogP contribution in [0.3, 0.4) is 0 Å². The molecule has 1 unspecified atom stereocenters. The number of amides is 2. The number of thioether (sulfide) groups is 1. The Morgan fingerprint density at radius 2 is 2.11 bits per heavy atom. The minimum Gasteiger partial charge on any atom is -0.349 e. The Labute approximate surface area is 172 Å². The molecule has 0 radical (unpaired) electrons. The van der Waals surface area contributed by atoms with Crippen LogP contribution in [0.5, 0.6) is 0 Å². The molecule has 2 N–H and O–H groups in total. The van der Waals surface area contributed by atoms with E-state index in [-0.39, 0.29) is 12.1 Å². The number of piperidine rings is 1. The van der Waals surface area contributed by atoms with Crippen molar-refractivity contribution < 1.29 is 4.79 Å². The molecule has 0 saturated carbocycles. The monoisotopic (exact) mass is 400 g/mol. The summed E-state index contributed by atoms with van der Waals surface area (Å²) >= 11 is 1.92. The summed E-state index contributed by atoms with van der Waals surface area (Å²) in [5.41, 5.74) is 4.21. The number of fused-ring (bicyclic) bond motifs is 2. The smallest absolute Gasteiger partial charge is 0.317 e. The van der Waals surface area contributed by atoms with E-state index in [1.165, 1.54) is 27.1 Å². The van der Waals surface area contributed by atoms with Crippen molar-refractivity contribution in [3.8, 4) is 0 Å². The van der Waals surface area contributed by atoms with E-state index in [4.69, 9.17) is 0 Å². The lowest BCUT2D eigenvalue weighted by molar-refractivity contribution is 0.123. The zero-order valence-corrected chi connectivity index (χ0v) is 18.2.